The summed E-state index contributed by atoms with van der Waals surface area (Å²) in [4.78, 5) is 6.91. The minimum absolute atomic E-state index is 0.00785. The number of nitrogens with one attached hydrogen (secondary N) is 2. The molecule has 0 spiro atoms. The highest BCUT2D eigenvalue weighted by Gasteiger charge is 2.25. The summed E-state index contributed by atoms with van der Waals surface area (Å²) >= 11 is 3.74. The van der Waals surface area contributed by atoms with Crippen molar-refractivity contribution in [3.63, 3.8) is 0 Å². The maximum Gasteiger partial charge on any atom is 0.175 e. The topological polar surface area (TPSA) is 50.0 Å². The molecule has 0 bridgehead atoms. The molecule has 0 saturated carbocycles. The second-order valence-corrected chi connectivity index (χ2v) is 8.56. The molecule has 2 heterocycles. The van der Waals surface area contributed by atoms with Crippen molar-refractivity contribution in [2.75, 3.05) is 13.2 Å². The van der Waals surface area contributed by atoms with Gasteiger partial charge in [0.25, 0.3) is 0 Å². The molecule has 32 heavy (non-hydrogen) atoms. The zero-order chi connectivity index (χ0) is 22.1. The Morgan fingerprint density at radius 1 is 0.781 bits per heavy atom. The van der Waals surface area contributed by atoms with E-state index in [-0.39, 0.29) is 5.92 Å². The number of fused-ring (bicyclic) bond motifs is 2. The molecular weight excluding hydrogens is 464 g/mol. The number of benzene rings is 3. The fourth-order valence-corrected chi connectivity index (χ4v) is 5.07. The lowest BCUT2D eigenvalue weighted by Gasteiger charge is -2.21. The van der Waals surface area contributed by atoms with Gasteiger partial charge in [-0.05, 0) is 70.7 Å². The van der Waals surface area contributed by atoms with Crippen molar-refractivity contribution in [1.82, 2.24) is 9.97 Å². The molecule has 0 aliphatic carbocycles. The first-order chi connectivity index (χ1) is 15.7. The first-order valence-electron chi connectivity index (χ1n) is 10.9. The summed E-state index contributed by atoms with van der Waals surface area (Å²) in [5, 5.41) is 2.43. The molecule has 0 radical (unpaired) electrons. The van der Waals surface area contributed by atoms with E-state index >= 15 is 0 Å². The summed E-state index contributed by atoms with van der Waals surface area (Å²) < 4.78 is 12.8. The maximum absolute atomic E-state index is 6.00. The van der Waals surface area contributed by atoms with Crippen LogP contribution in [0.4, 0.5) is 0 Å². The zero-order valence-electron chi connectivity index (χ0n) is 18.1. The van der Waals surface area contributed by atoms with Gasteiger partial charge in [0, 0.05) is 40.1 Å². The number of halogens is 1. The Hall–Kier alpha value is -3.18. The zero-order valence-corrected chi connectivity index (χ0v) is 19.7. The number of hydrogen-bond donors (Lipinski definition) is 2. The van der Waals surface area contributed by atoms with E-state index in [4.69, 9.17) is 9.47 Å². The molecule has 5 aromatic rings. The predicted molar refractivity (Wildman–Crippen MR) is 134 cm³/mol. The Morgan fingerprint density at radius 2 is 1.34 bits per heavy atom. The van der Waals surface area contributed by atoms with E-state index in [1.807, 2.05) is 13.8 Å². The summed E-state index contributed by atoms with van der Waals surface area (Å²) in [7, 11) is 0. The van der Waals surface area contributed by atoms with Crippen LogP contribution < -0.4 is 9.47 Å². The molecule has 0 unspecified atom stereocenters. The second kappa shape index (κ2) is 8.75. The van der Waals surface area contributed by atoms with Gasteiger partial charge in [-0.1, -0.05) is 36.4 Å². The number of para-hydroxylation sites is 2. The van der Waals surface area contributed by atoms with Crippen molar-refractivity contribution >= 4 is 37.7 Å². The van der Waals surface area contributed by atoms with Gasteiger partial charge in [0.05, 0.1) is 17.7 Å². The third kappa shape index (κ3) is 3.56. The third-order valence-electron chi connectivity index (χ3n) is 5.82. The van der Waals surface area contributed by atoms with Gasteiger partial charge in [-0.3, -0.25) is 0 Å². The smallest absolute Gasteiger partial charge is 0.175 e. The molecule has 162 valence electrons. The Bertz CT molecular complexity index is 1310. The average Bonchev–Trinajstić information content (AvgIpc) is 3.42. The molecule has 4 nitrogen and oxygen atoms in total. The second-order valence-electron chi connectivity index (χ2n) is 7.71. The minimum atomic E-state index is 0.00785. The van der Waals surface area contributed by atoms with Crippen LogP contribution in [0.15, 0.2) is 77.5 Å². The number of H-pyrrole nitrogens is 2. The molecule has 0 saturated heterocycles. The van der Waals surface area contributed by atoms with E-state index in [1.54, 1.807) is 0 Å². The number of rotatable bonds is 7. The van der Waals surface area contributed by atoms with E-state index in [0.717, 1.165) is 32.6 Å². The maximum atomic E-state index is 6.00. The van der Waals surface area contributed by atoms with Crippen LogP contribution in [-0.4, -0.2) is 23.2 Å². The Balaban J connectivity index is 1.77. The Kier molecular flexibility index (Phi) is 5.66. The molecule has 0 amide bonds. The van der Waals surface area contributed by atoms with Crippen molar-refractivity contribution in [2.24, 2.45) is 0 Å². The molecule has 2 N–H and O–H groups in total. The van der Waals surface area contributed by atoms with Crippen LogP contribution >= 0.6 is 15.9 Å². The fourth-order valence-electron chi connectivity index (χ4n) is 4.49. The average molecular weight is 489 g/mol. The van der Waals surface area contributed by atoms with Gasteiger partial charge in [-0.15, -0.1) is 0 Å². The van der Waals surface area contributed by atoms with Crippen molar-refractivity contribution in [3.05, 3.63) is 94.2 Å². The first-order valence-corrected chi connectivity index (χ1v) is 11.7. The van der Waals surface area contributed by atoms with Gasteiger partial charge in [0.1, 0.15) is 0 Å². The number of aromatic amines is 2. The van der Waals surface area contributed by atoms with Crippen LogP contribution in [0.2, 0.25) is 0 Å². The molecule has 0 atom stereocenters. The van der Waals surface area contributed by atoms with Gasteiger partial charge in [0.2, 0.25) is 0 Å². The molecule has 5 heteroatoms. The van der Waals surface area contributed by atoms with Gasteiger partial charge in [-0.25, -0.2) is 0 Å². The molecule has 2 aromatic heterocycles. The molecular formula is C27H25BrN2O2. The highest BCUT2D eigenvalue weighted by molar-refractivity contribution is 9.10. The summed E-state index contributed by atoms with van der Waals surface area (Å²) in [6, 6.07) is 21.2. The third-order valence-corrected chi connectivity index (χ3v) is 6.41. The van der Waals surface area contributed by atoms with E-state index in [0.29, 0.717) is 13.2 Å². The minimum Gasteiger partial charge on any atom is -0.490 e. The summed E-state index contributed by atoms with van der Waals surface area (Å²) in [6.07, 6.45) is 4.25. The Labute approximate surface area is 195 Å². The number of aromatic nitrogens is 2. The van der Waals surface area contributed by atoms with Crippen LogP contribution in [0.5, 0.6) is 11.5 Å². The lowest BCUT2D eigenvalue weighted by Crippen LogP contribution is -2.05. The molecule has 0 aliphatic rings. The van der Waals surface area contributed by atoms with Gasteiger partial charge >= 0.3 is 0 Å². The summed E-state index contributed by atoms with van der Waals surface area (Å²) in [6.45, 7) is 5.12. The van der Waals surface area contributed by atoms with Crippen molar-refractivity contribution in [3.8, 4) is 11.5 Å². The first kappa shape index (κ1) is 20.7. The highest BCUT2D eigenvalue weighted by atomic mass is 79.9. The lowest BCUT2D eigenvalue weighted by molar-refractivity contribution is 0.286. The van der Waals surface area contributed by atoms with E-state index < -0.39 is 0 Å². The summed E-state index contributed by atoms with van der Waals surface area (Å²) in [5.41, 5.74) is 5.84. The normalized spacial score (nSPS) is 11.5. The van der Waals surface area contributed by atoms with Gasteiger partial charge in [0.15, 0.2) is 11.5 Å². The van der Waals surface area contributed by atoms with Crippen molar-refractivity contribution in [2.45, 2.75) is 19.8 Å². The van der Waals surface area contributed by atoms with Crippen LogP contribution in [0.1, 0.15) is 36.5 Å². The number of ether oxygens (including phenoxy) is 2. The molecule has 0 fully saturated rings. The predicted octanol–water partition coefficient (Wildman–Crippen LogP) is 7.39. The Morgan fingerprint density at radius 3 is 1.91 bits per heavy atom. The van der Waals surface area contributed by atoms with Gasteiger partial charge in [-0.2, -0.15) is 0 Å². The van der Waals surface area contributed by atoms with E-state index in [1.165, 1.54) is 21.9 Å². The number of hydrogen-bond acceptors (Lipinski definition) is 2. The lowest BCUT2D eigenvalue weighted by atomic mass is 9.84. The van der Waals surface area contributed by atoms with Crippen LogP contribution in [0.25, 0.3) is 21.8 Å². The molecule has 0 aliphatic heterocycles. The van der Waals surface area contributed by atoms with Crippen molar-refractivity contribution in [1.29, 1.82) is 0 Å². The van der Waals surface area contributed by atoms with Gasteiger partial charge < -0.3 is 19.4 Å². The van der Waals surface area contributed by atoms with Crippen LogP contribution in [0.3, 0.4) is 0 Å². The fraction of sp³-hybridized carbons (Fsp3) is 0.185. The SMILES string of the molecule is CCOc1cc(C(c2c[nH]c3ccccc23)c2c[nH]c3ccccc23)cc(Br)c1OCC. The largest absolute Gasteiger partial charge is 0.490 e. The van der Waals surface area contributed by atoms with Crippen molar-refractivity contribution < 1.29 is 9.47 Å². The standard InChI is InChI=1S/C27H25BrN2O2/c1-3-31-25-14-17(13-22(28)27(25)32-4-2)26(20-15-29-23-11-7-5-9-18(20)23)21-16-30-24-12-8-6-10-19(21)24/h5-16,26,29-30H,3-4H2,1-2H3. The quantitative estimate of drug-likeness (QED) is 0.251. The highest BCUT2D eigenvalue weighted by Crippen LogP contribution is 2.44. The van der Waals surface area contributed by atoms with Crippen LogP contribution in [-0.2, 0) is 0 Å². The van der Waals surface area contributed by atoms with Crippen LogP contribution in [0, 0.1) is 0 Å². The van der Waals surface area contributed by atoms with E-state index in [9.17, 15) is 0 Å². The molecule has 3 aromatic carbocycles. The van der Waals surface area contributed by atoms with E-state index in [2.05, 4.69) is 99.0 Å². The molecule has 5 rings (SSSR count). The summed E-state index contributed by atoms with van der Waals surface area (Å²) in [5.74, 6) is 1.51. The monoisotopic (exact) mass is 488 g/mol.